The van der Waals surface area contributed by atoms with Crippen LogP contribution < -0.4 is 0 Å². The first kappa shape index (κ1) is 14.2. The molecule has 0 aromatic heterocycles. The highest BCUT2D eigenvalue weighted by molar-refractivity contribution is 7.99. The second-order valence-corrected chi connectivity index (χ2v) is 6.62. The average molecular weight is 242 g/mol. The normalized spacial score (nSPS) is 14.2. The third-order valence-corrected chi connectivity index (χ3v) is 4.69. The predicted molar refractivity (Wildman–Crippen MR) is 59.4 cm³/mol. The van der Waals surface area contributed by atoms with Gasteiger partial charge in [0.25, 0.3) is 0 Å². The van der Waals surface area contributed by atoms with Crippen molar-refractivity contribution < 1.29 is 18.6 Å². The molecule has 86 valence electrons. The van der Waals surface area contributed by atoms with Crippen molar-refractivity contribution in [3.8, 4) is 0 Å². The lowest BCUT2D eigenvalue weighted by Gasteiger charge is -2.06. The number of aliphatic hydroxyl groups is 2. The van der Waals surface area contributed by atoms with E-state index >= 15 is 0 Å². The summed E-state index contributed by atoms with van der Waals surface area (Å²) in [6, 6.07) is 0. The maximum absolute atomic E-state index is 11.1. The van der Waals surface area contributed by atoms with E-state index < -0.39 is 15.9 Å². The molecule has 0 spiro atoms. The molecule has 4 nitrogen and oxygen atoms in total. The number of rotatable bonds is 8. The molecular weight excluding hydrogens is 224 g/mol. The summed E-state index contributed by atoms with van der Waals surface area (Å²) in [6.07, 6.45) is -0.0818. The van der Waals surface area contributed by atoms with Crippen LogP contribution in [0.3, 0.4) is 0 Å². The van der Waals surface area contributed by atoms with Crippen LogP contribution in [0.25, 0.3) is 0 Å². The summed E-state index contributed by atoms with van der Waals surface area (Å²) in [5.74, 6) is 1.57. The summed E-state index contributed by atoms with van der Waals surface area (Å²) in [5, 5.41) is 17.5. The van der Waals surface area contributed by atoms with E-state index in [1.165, 1.54) is 11.8 Å². The lowest BCUT2D eigenvalue weighted by molar-refractivity contribution is 0.113. The van der Waals surface area contributed by atoms with Gasteiger partial charge in [0, 0.05) is 11.5 Å². The first-order valence-corrected chi connectivity index (χ1v) is 7.56. The van der Waals surface area contributed by atoms with Crippen molar-refractivity contribution in [2.45, 2.75) is 19.4 Å². The van der Waals surface area contributed by atoms with Crippen LogP contribution in [0.1, 0.15) is 13.3 Å². The van der Waals surface area contributed by atoms with Crippen molar-refractivity contribution in [2.24, 2.45) is 0 Å². The number of hydrogen-bond donors (Lipinski definition) is 2. The molecule has 0 radical (unpaired) electrons. The van der Waals surface area contributed by atoms with Crippen LogP contribution in [0.5, 0.6) is 0 Å². The zero-order chi connectivity index (χ0) is 11.0. The maximum Gasteiger partial charge on any atom is 0.150 e. The summed E-state index contributed by atoms with van der Waals surface area (Å²) < 4.78 is 22.1. The minimum atomic E-state index is -2.85. The van der Waals surface area contributed by atoms with Gasteiger partial charge in [0.1, 0.15) is 9.84 Å². The lowest BCUT2D eigenvalue weighted by atomic mass is 10.4. The molecule has 0 amide bonds. The average Bonchev–Trinajstić information content (AvgIpc) is 2.17. The van der Waals surface area contributed by atoms with E-state index in [1.807, 2.05) is 0 Å². The van der Waals surface area contributed by atoms with Gasteiger partial charge in [-0.2, -0.15) is 11.8 Å². The molecule has 0 bridgehead atoms. The van der Waals surface area contributed by atoms with E-state index in [2.05, 4.69) is 0 Å². The van der Waals surface area contributed by atoms with Crippen LogP contribution in [-0.2, 0) is 9.84 Å². The Kier molecular flexibility index (Phi) is 7.62. The fourth-order valence-corrected chi connectivity index (χ4v) is 2.75. The smallest absolute Gasteiger partial charge is 0.150 e. The Labute approximate surface area is 89.6 Å². The number of thioether (sulfide) groups is 1. The van der Waals surface area contributed by atoms with Crippen LogP contribution >= 0.6 is 11.8 Å². The summed E-state index contributed by atoms with van der Waals surface area (Å²) >= 11 is 1.46. The second-order valence-electron chi connectivity index (χ2n) is 3.00. The molecule has 0 heterocycles. The van der Waals surface area contributed by atoms with E-state index in [-0.39, 0.29) is 18.1 Å². The van der Waals surface area contributed by atoms with E-state index in [4.69, 9.17) is 10.2 Å². The lowest BCUT2D eigenvalue weighted by Crippen LogP contribution is -2.15. The minimum absolute atomic E-state index is 0.191. The Balaban J connectivity index is 3.39. The van der Waals surface area contributed by atoms with Gasteiger partial charge in [-0.25, -0.2) is 8.42 Å². The molecule has 0 aliphatic heterocycles. The molecule has 1 unspecified atom stereocenters. The summed E-state index contributed by atoms with van der Waals surface area (Å²) in [4.78, 5) is 0. The van der Waals surface area contributed by atoms with E-state index in [0.29, 0.717) is 17.9 Å². The zero-order valence-corrected chi connectivity index (χ0v) is 9.98. The maximum atomic E-state index is 11.1. The molecule has 2 N–H and O–H groups in total. The van der Waals surface area contributed by atoms with Gasteiger partial charge in [-0.15, -0.1) is 0 Å². The zero-order valence-electron chi connectivity index (χ0n) is 8.35. The Morgan fingerprint density at radius 2 is 2.07 bits per heavy atom. The first-order chi connectivity index (χ1) is 6.52. The predicted octanol–water partition coefficient (Wildman–Crippen LogP) is -0.102. The summed E-state index contributed by atoms with van der Waals surface area (Å²) in [6.45, 7) is 1.40. The molecule has 6 heteroatoms. The number of aliphatic hydroxyl groups excluding tert-OH is 2. The van der Waals surface area contributed by atoms with Gasteiger partial charge in [-0.3, -0.25) is 0 Å². The van der Waals surface area contributed by atoms with Crippen molar-refractivity contribution in [2.75, 3.05) is 29.6 Å². The van der Waals surface area contributed by atoms with E-state index in [1.54, 1.807) is 6.92 Å². The fourth-order valence-electron chi connectivity index (χ4n) is 0.797. The first-order valence-electron chi connectivity index (χ1n) is 4.59. The van der Waals surface area contributed by atoms with Gasteiger partial charge in [0.2, 0.25) is 0 Å². The topological polar surface area (TPSA) is 74.6 Å². The van der Waals surface area contributed by atoms with Gasteiger partial charge in [0.05, 0.1) is 18.5 Å². The van der Waals surface area contributed by atoms with Crippen molar-refractivity contribution in [3.05, 3.63) is 0 Å². The Hall–Kier alpha value is 0.220. The Morgan fingerprint density at radius 3 is 2.57 bits per heavy atom. The van der Waals surface area contributed by atoms with E-state index in [0.717, 1.165) is 0 Å². The van der Waals surface area contributed by atoms with Gasteiger partial charge >= 0.3 is 0 Å². The molecule has 1 atom stereocenters. The molecule has 14 heavy (non-hydrogen) atoms. The fraction of sp³-hybridized carbons (Fsp3) is 1.00. The van der Waals surface area contributed by atoms with Crippen LogP contribution in [0.4, 0.5) is 0 Å². The monoisotopic (exact) mass is 242 g/mol. The highest BCUT2D eigenvalue weighted by atomic mass is 32.2. The molecule has 0 aromatic rings. The second kappa shape index (κ2) is 7.50. The third-order valence-electron chi connectivity index (χ3n) is 1.70. The SMILES string of the molecule is CCS(=O)(=O)CCCSCC(O)CO. The Bertz CT molecular complexity index is 225. The summed E-state index contributed by atoms with van der Waals surface area (Å²) in [5.41, 5.74) is 0. The van der Waals surface area contributed by atoms with Crippen molar-refractivity contribution in [3.63, 3.8) is 0 Å². The molecule has 0 rings (SSSR count). The highest BCUT2D eigenvalue weighted by Crippen LogP contribution is 2.06. The molecule has 0 aliphatic rings. The van der Waals surface area contributed by atoms with Crippen LogP contribution in [0.15, 0.2) is 0 Å². The standard InChI is InChI=1S/C8H18O4S2/c1-2-14(11,12)5-3-4-13-7-8(10)6-9/h8-10H,2-7H2,1H3. The molecule has 0 saturated carbocycles. The van der Waals surface area contributed by atoms with E-state index in [9.17, 15) is 8.42 Å². The summed E-state index contributed by atoms with van der Waals surface area (Å²) in [7, 11) is -2.85. The van der Waals surface area contributed by atoms with Crippen molar-refractivity contribution in [1.82, 2.24) is 0 Å². The largest absolute Gasteiger partial charge is 0.394 e. The van der Waals surface area contributed by atoms with Gasteiger partial charge in [-0.1, -0.05) is 6.92 Å². The van der Waals surface area contributed by atoms with Gasteiger partial charge in [-0.05, 0) is 12.2 Å². The molecule has 0 saturated heterocycles. The van der Waals surface area contributed by atoms with Crippen molar-refractivity contribution in [1.29, 1.82) is 0 Å². The highest BCUT2D eigenvalue weighted by Gasteiger charge is 2.07. The van der Waals surface area contributed by atoms with Crippen LogP contribution in [0, 0.1) is 0 Å². The molecule has 0 aromatic carbocycles. The minimum Gasteiger partial charge on any atom is -0.394 e. The van der Waals surface area contributed by atoms with Gasteiger partial charge in [0.15, 0.2) is 0 Å². The third kappa shape index (κ3) is 7.61. The quantitative estimate of drug-likeness (QED) is 0.581. The number of hydrogen-bond acceptors (Lipinski definition) is 5. The van der Waals surface area contributed by atoms with Crippen molar-refractivity contribution >= 4 is 21.6 Å². The Morgan fingerprint density at radius 1 is 1.43 bits per heavy atom. The molecular formula is C8H18O4S2. The molecule has 0 aliphatic carbocycles. The number of sulfone groups is 1. The van der Waals surface area contributed by atoms with Crippen LogP contribution in [0.2, 0.25) is 0 Å². The van der Waals surface area contributed by atoms with Gasteiger partial charge < -0.3 is 10.2 Å². The molecule has 0 fully saturated rings. The van der Waals surface area contributed by atoms with Crippen LogP contribution in [-0.4, -0.2) is 54.4 Å².